The minimum absolute atomic E-state index is 0.0177. The third kappa shape index (κ3) is 2.89. The fraction of sp³-hybridized carbons (Fsp3) is 0.889. The van der Waals surface area contributed by atoms with Crippen LogP contribution in [0.3, 0.4) is 0 Å². The zero-order chi connectivity index (χ0) is 17.6. The summed E-state index contributed by atoms with van der Waals surface area (Å²) >= 11 is 0. The number of hydrogen-bond acceptors (Lipinski definition) is 3. The summed E-state index contributed by atoms with van der Waals surface area (Å²) in [5.41, 5.74) is 0. The van der Waals surface area contributed by atoms with Crippen molar-refractivity contribution < 1.29 is 9.59 Å². The second-order valence-corrected chi connectivity index (χ2v) is 8.10. The number of nitrogens with one attached hydrogen (secondary N) is 1. The van der Waals surface area contributed by atoms with Crippen molar-refractivity contribution in [3.8, 4) is 0 Å². The molecular formula is C18H32N4O2. The van der Waals surface area contributed by atoms with Crippen molar-refractivity contribution >= 4 is 11.9 Å². The van der Waals surface area contributed by atoms with Gasteiger partial charge in [-0.15, -0.1) is 0 Å². The molecular weight excluding hydrogens is 304 g/mol. The lowest BCUT2D eigenvalue weighted by Crippen LogP contribution is -2.58. The Bertz CT molecular complexity index is 499. The Labute approximate surface area is 145 Å². The van der Waals surface area contributed by atoms with Gasteiger partial charge in [0.15, 0.2) is 0 Å². The Morgan fingerprint density at radius 2 is 1.75 bits per heavy atom. The van der Waals surface area contributed by atoms with Crippen molar-refractivity contribution in [2.24, 2.45) is 0 Å². The summed E-state index contributed by atoms with van der Waals surface area (Å²) in [5, 5.41) is 3.08. The molecule has 6 nitrogen and oxygen atoms in total. The molecule has 6 heteroatoms. The van der Waals surface area contributed by atoms with E-state index in [4.69, 9.17) is 0 Å². The Hall–Kier alpha value is -1.30. The number of nitrogens with zero attached hydrogens (tertiary/aromatic N) is 3. The fourth-order valence-corrected chi connectivity index (χ4v) is 4.99. The van der Waals surface area contributed by atoms with Gasteiger partial charge in [0, 0.05) is 31.2 Å². The highest BCUT2D eigenvalue weighted by molar-refractivity contribution is 5.83. The largest absolute Gasteiger partial charge is 0.339 e. The number of fused-ring (bicyclic) bond motifs is 1. The van der Waals surface area contributed by atoms with E-state index in [2.05, 4.69) is 37.9 Å². The fourth-order valence-electron chi connectivity index (χ4n) is 4.99. The highest BCUT2D eigenvalue weighted by atomic mass is 16.2. The van der Waals surface area contributed by atoms with Crippen LogP contribution in [-0.2, 0) is 4.79 Å². The van der Waals surface area contributed by atoms with Crippen LogP contribution in [0.25, 0.3) is 0 Å². The molecule has 3 fully saturated rings. The Morgan fingerprint density at radius 1 is 1.12 bits per heavy atom. The summed E-state index contributed by atoms with van der Waals surface area (Å²) in [5.74, 6) is 0.214. The first-order valence-corrected chi connectivity index (χ1v) is 9.46. The maximum atomic E-state index is 13.0. The highest BCUT2D eigenvalue weighted by Gasteiger charge is 2.45. The van der Waals surface area contributed by atoms with E-state index in [1.807, 2.05) is 16.7 Å². The van der Waals surface area contributed by atoms with Gasteiger partial charge in [-0.2, -0.15) is 0 Å². The Morgan fingerprint density at radius 3 is 2.33 bits per heavy atom. The molecule has 3 aliphatic rings. The number of rotatable bonds is 3. The lowest BCUT2D eigenvalue weighted by Gasteiger charge is -2.41. The molecule has 3 saturated heterocycles. The van der Waals surface area contributed by atoms with Gasteiger partial charge < -0.3 is 15.1 Å². The molecule has 0 aromatic carbocycles. The predicted octanol–water partition coefficient (Wildman–Crippen LogP) is 1.65. The molecule has 0 radical (unpaired) electrons. The van der Waals surface area contributed by atoms with Crippen LogP contribution in [0.15, 0.2) is 0 Å². The lowest BCUT2D eigenvalue weighted by molar-refractivity contribution is -0.139. The molecule has 0 saturated carbocycles. The van der Waals surface area contributed by atoms with Gasteiger partial charge >= 0.3 is 6.03 Å². The SMILES string of the molecule is CC1CCC(C)N1C(C)C(=O)N1CC[C@H]2[C@@H](C1)NC(=O)N2C(C)C. The first kappa shape index (κ1) is 17.5. The van der Waals surface area contributed by atoms with Crippen molar-refractivity contribution in [3.63, 3.8) is 0 Å². The minimum atomic E-state index is -0.0765. The van der Waals surface area contributed by atoms with Crippen molar-refractivity contribution in [1.29, 1.82) is 0 Å². The van der Waals surface area contributed by atoms with Crippen LogP contribution in [0.1, 0.15) is 53.9 Å². The third-order valence-corrected chi connectivity index (χ3v) is 6.17. The Balaban J connectivity index is 1.65. The molecule has 5 atom stereocenters. The summed E-state index contributed by atoms with van der Waals surface area (Å²) in [6.45, 7) is 12.0. The summed E-state index contributed by atoms with van der Waals surface area (Å²) < 4.78 is 0. The van der Waals surface area contributed by atoms with Crippen LogP contribution >= 0.6 is 0 Å². The molecule has 3 aliphatic heterocycles. The van der Waals surface area contributed by atoms with Crippen LogP contribution in [0.5, 0.6) is 0 Å². The van der Waals surface area contributed by atoms with Gasteiger partial charge in [0.05, 0.1) is 18.1 Å². The van der Waals surface area contributed by atoms with Crippen LogP contribution in [-0.4, -0.2) is 76.0 Å². The van der Waals surface area contributed by atoms with Crippen LogP contribution in [0.4, 0.5) is 4.79 Å². The predicted molar refractivity (Wildman–Crippen MR) is 93.7 cm³/mol. The minimum Gasteiger partial charge on any atom is -0.339 e. The van der Waals surface area contributed by atoms with Crippen molar-refractivity contribution in [3.05, 3.63) is 0 Å². The average molecular weight is 336 g/mol. The number of carbonyl (C=O) groups is 2. The zero-order valence-corrected chi connectivity index (χ0v) is 15.7. The van der Waals surface area contributed by atoms with E-state index in [1.54, 1.807) is 0 Å². The molecule has 3 unspecified atom stereocenters. The van der Waals surface area contributed by atoms with Crippen molar-refractivity contribution in [2.45, 2.75) is 90.1 Å². The van der Waals surface area contributed by atoms with Crippen molar-refractivity contribution in [2.75, 3.05) is 13.1 Å². The van der Waals surface area contributed by atoms with Gasteiger partial charge in [0.1, 0.15) is 0 Å². The summed E-state index contributed by atoms with van der Waals surface area (Å²) in [4.78, 5) is 31.5. The first-order chi connectivity index (χ1) is 11.3. The van der Waals surface area contributed by atoms with Gasteiger partial charge in [0.2, 0.25) is 5.91 Å². The van der Waals surface area contributed by atoms with E-state index in [0.717, 1.165) is 13.0 Å². The quantitative estimate of drug-likeness (QED) is 0.853. The number of amides is 3. The van der Waals surface area contributed by atoms with Gasteiger partial charge in [0.25, 0.3) is 0 Å². The maximum absolute atomic E-state index is 13.0. The second kappa shape index (κ2) is 6.54. The molecule has 3 heterocycles. The molecule has 0 aromatic rings. The average Bonchev–Trinajstić information content (AvgIpc) is 3.03. The summed E-state index contributed by atoms with van der Waals surface area (Å²) in [6.07, 6.45) is 3.21. The standard InChI is InChI=1S/C18H32N4O2/c1-11(2)21-16-8-9-20(10-15(16)19-18(21)24)17(23)14(5)22-12(3)6-7-13(22)4/h11-16H,6-10H2,1-5H3,(H,19,24)/t12?,13?,14?,15-,16+/m1/s1. The summed E-state index contributed by atoms with van der Waals surface area (Å²) in [6, 6.07) is 1.38. The van der Waals surface area contributed by atoms with E-state index < -0.39 is 0 Å². The van der Waals surface area contributed by atoms with E-state index in [1.165, 1.54) is 12.8 Å². The number of piperidine rings is 1. The van der Waals surface area contributed by atoms with Crippen LogP contribution in [0, 0.1) is 0 Å². The van der Waals surface area contributed by atoms with E-state index >= 15 is 0 Å². The van der Waals surface area contributed by atoms with Gasteiger partial charge in [-0.1, -0.05) is 0 Å². The van der Waals surface area contributed by atoms with Crippen LogP contribution in [0.2, 0.25) is 0 Å². The number of hydrogen-bond donors (Lipinski definition) is 1. The van der Waals surface area contributed by atoms with Gasteiger partial charge in [-0.05, 0) is 53.9 Å². The second-order valence-electron chi connectivity index (χ2n) is 8.10. The lowest BCUT2D eigenvalue weighted by atomic mass is 9.98. The molecule has 0 aromatic heterocycles. The molecule has 24 heavy (non-hydrogen) atoms. The molecule has 3 amide bonds. The van der Waals surface area contributed by atoms with Crippen molar-refractivity contribution in [1.82, 2.24) is 20.0 Å². The van der Waals surface area contributed by atoms with Gasteiger partial charge in [-0.3, -0.25) is 9.69 Å². The Kier molecular flexibility index (Phi) is 4.78. The number of likely N-dealkylation sites (tertiary alicyclic amines) is 2. The van der Waals surface area contributed by atoms with Gasteiger partial charge in [-0.25, -0.2) is 4.79 Å². The molecule has 1 N–H and O–H groups in total. The smallest absolute Gasteiger partial charge is 0.318 e. The normalized spacial score (nSPS) is 35.3. The monoisotopic (exact) mass is 336 g/mol. The van der Waals surface area contributed by atoms with E-state index in [-0.39, 0.29) is 36.1 Å². The topological polar surface area (TPSA) is 55.9 Å². The molecule has 136 valence electrons. The first-order valence-electron chi connectivity index (χ1n) is 9.46. The number of urea groups is 1. The highest BCUT2D eigenvalue weighted by Crippen LogP contribution is 2.29. The maximum Gasteiger partial charge on any atom is 0.318 e. The van der Waals surface area contributed by atoms with E-state index in [0.29, 0.717) is 18.6 Å². The molecule has 0 bridgehead atoms. The van der Waals surface area contributed by atoms with E-state index in [9.17, 15) is 9.59 Å². The van der Waals surface area contributed by atoms with Crippen LogP contribution < -0.4 is 5.32 Å². The third-order valence-electron chi connectivity index (χ3n) is 6.17. The summed E-state index contributed by atoms with van der Waals surface area (Å²) in [7, 11) is 0. The molecule has 0 spiro atoms. The molecule has 0 aliphatic carbocycles. The zero-order valence-electron chi connectivity index (χ0n) is 15.7. The number of carbonyl (C=O) groups excluding carboxylic acids is 2. The molecule has 3 rings (SSSR count).